The molecule has 5 heavy (non-hydrogen) atoms. The average molecular weight is 85.2 g/mol. The quantitative estimate of drug-likeness (QED) is 0.295. The van der Waals surface area contributed by atoms with Crippen LogP contribution in [-0.4, -0.2) is 22.1 Å². The SMILES string of the molecule is CC1([Si])CO1. The number of rotatable bonds is 0. The Morgan fingerprint density at radius 3 is 2.20 bits per heavy atom. The Hall–Kier alpha value is 0.177. The zero-order chi connectivity index (χ0) is 3.91. The van der Waals surface area contributed by atoms with Crippen molar-refractivity contribution in [3.63, 3.8) is 0 Å². The van der Waals surface area contributed by atoms with Gasteiger partial charge in [0.1, 0.15) is 0 Å². The van der Waals surface area contributed by atoms with Crippen LogP contribution in [0.15, 0.2) is 0 Å². The molecule has 1 unspecified atom stereocenters. The molecule has 0 aromatic carbocycles. The van der Waals surface area contributed by atoms with E-state index in [2.05, 4.69) is 10.2 Å². The summed E-state index contributed by atoms with van der Waals surface area (Å²) in [7, 11) is 3.31. The van der Waals surface area contributed by atoms with Gasteiger partial charge >= 0.3 is 0 Å². The van der Waals surface area contributed by atoms with E-state index < -0.39 is 0 Å². The van der Waals surface area contributed by atoms with Crippen molar-refractivity contribution in [1.29, 1.82) is 0 Å². The van der Waals surface area contributed by atoms with Gasteiger partial charge in [0.25, 0.3) is 0 Å². The number of hydrogen-bond acceptors (Lipinski definition) is 1. The van der Waals surface area contributed by atoms with Gasteiger partial charge in [-0.1, -0.05) is 0 Å². The van der Waals surface area contributed by atoms with Crippen molar-refractivity contribution in [2.45, 2.75) is 12.1 Å². The first kappa shape index (κ1) is 3.37. The maximum atomic E-state index is 4.81. The molecule has 1 heterocycles. The topological polar surface area (TPSA) is 12.5 Å². The highest BCUT2D eigenvalue weighted by atomic mass is 28.1. The highest BCUT2D eigenvalue weighted by Crippen LogP contribution is 2.19. The lowest BCUT2D eigenvalue weighted by atomic mass is 10.6. The summed E-state index contributed by atoms with van der Waals surface area (Å²) < 4.78 is 4.81. The Labute approximate surface area is 34.7 Å². The first-order valence-electron chi connectivity index (χ1n) is 1.60. The maximum absolute atomic E-state index is 4.81. The molecule has 0 aliphatic carbocycles. The summed E-state index contributed by atoms with van der Waals surface area (Å²) in [5, 5.41) is 0.0556. The molecule has 0 aromatic heterocycles. The molecule has 1 fully saturated rings. The predicted molar refractivity (Wildman–Crippen MR) is 20.1 cm³/mol. The molecule has 2 heteroatoms. The minimum Gasteiger partial charge on any atom is -0.375 e. The van der Waals surface area contributed by atoms with Crippen molar-refractivity contribution in [2.24, 2.45) is 0 Å². The monoisotopic (exact) mass is 85.0 g/mol. The van der Waals surface area contributed by atoms with Crippen LogP contribution in [0.2, 0.25) is 0 Å². The number of hydrogen-bond donors (Lipinski definition) is 0. The van der Waals surface area contributed by atoms with E-state index in [1.165, 1.54) is 0 Å². The molecule has 1 nitrogen and oxygen atoms in total. The van der Waals surface area contributed by atoms with Crippen LogP contribution >= 0.6 is 0 Å². The summed E-state index contributed by atoms with van der Waals surface area (Å²) >= 11 is 0. The van der Waals surface area contributed by atoms with Gasteiger partial charge in [-0.3, -0.25) is 0 Å². The van der Waals surface area contributed by atoms with Crippen molar-refractivity contribution < 1.29 is 4.74 Å². The summed E-state index contributed by atoms with van der Waals surface area (Å²) in [4.78, 5) is 0. The van der Waals surface area contributed by atoms with Crippen molar-refractivity contribution in [1.82, 2.24) is 0 Å². The molecule has 1 aliphatic heterocycles. The molecule has 0 N–H and O–H groups in total. The molecule has 1 aliphatic rings. The van der Waals surface area contributed by atoms with Crippen LogP contribution in [-0.2, 0) is 4.74 Å². The fraction of sp³-hybridized carbons (Fsp3) is 1.00. The van der Waals surface area contributed by atoms with Crippen LogP contribution in [0, 0.1) is 0 Å². The van der Waals surface area contributed by atoms with Gasteiger partial charge in [-0.25, -0.2) is 0 Å². The van der Waals surface area contributed by atoms with Gasteiger partial charge in [0, 0.05) is 0 Å². The van der Waals surface area contributed by atoms with Gasteiger partial charge in [-0.05, 0) is 6.92 Å². The summed E-state index contributed by atoms with van der Waals surface area (Å²) in [6.07, 6.45) is 0. The molecule has 0 bridgehead atoms. The second-order valence-electron chi connectivity index (χ2n) is 1.52. The summed E-state index contributed by atoms with van der Waals surface area (Å²) in [5.41, 5.74) is 0. The van der Waals surface area contributed by atoms with Crippen LogP contribution in [0.4, 0.5) is 0 Å². The lowest BCUT2D eigenvalue weighted by molar-refractivity contribution is 0.396. The van der Waals surface area contributed by atoms with Gasteiger partial charge < -0.3 is 4.74 Å². The normalized spacial score (nSPS) is 49.2. The number of epoxide rings is 1. The van der Waals surface area contributed by atoms with Crippen molar-refractivity contribution in [3.05, 3.63) is 0 Å². The summed E-state index contributed by atoms with van der Waals surface area (Å²) in [6.45, 7) is 2.85. The third kappa shape index (κ3) is 0.739. The molecule has 1 saturated heterocycles. The van der Waals surface area contributed by atoms with E-state index in [4.69, 9.17) is 4.74 Å². The molecule has 27 valence electrons. The lowest BCUT2D eigenvalue weighted by Gasteiger charge is -1.80. The Balaban J connectivity index is 2.38. The zero-order valence-corrected chi connectivity index (χ0v) is 4.12. The fourth-order valence-electron chi connectivity index (χ4n) is 0.108. The summed E-state index contributed by atoms with van der Waals surface area (Å²) in [6, 6.07) is 0. The Bertz CT molecular complexity index is 44.9. The largest absolute Gasteiger partial charge is 0.375 e. The van der Waals surface area contributed by atoms with E-state index in [1.807, 2.05) is 6.92 Å². The van der Waals surface area contributed by atoms with Crippen LogP contribution < -0.4 is 0 Å². The van der Waals surface area contributed by atoms with Gasteiger partial charge in [-0.2, -0.15) is 0 Å². The molecular formula is C3H5OSi. The van der Waals surface area contributed by atoms with Gasteiger partial charge in [0.05, 0.1) is 22.1 Å². The highest BCUT2D eigenvalue weighted by molar-refractivity contribution is 6.15. The fourth-order valence-corrected chi connectivity index (χ4v) is 0.180. The van der Waals surface area contributed by atoms with E-state index in [0.717, 1.165) is 6.61 Å². The van der Waals surface area contributed by atoms with Gasteiger partial charge in [-0.15, -0.1) is 0 Å². The minimum atomic E-state index is 0.0556. The van der Waals surface area contributed by atoms with Crippen LogP contribution in [0.3, 0.4) is 0 Å². The second kappa shape index (κ2) is 0.630. The Morgan fingerprint density at radius 2 is 2.20 bits per heavy atom. The van der Waals surface area contributed by atoms with Crippen LogP contribution in [0.5, 0.6) is 0 Å². The van der Waals surface area contributed by atoms with Gasteiger partial charge in [0.15, 0.2) is 0 Å². The molecule has 3 radical (unpaired) electrons. The molecule has 1 rings (SSSR count). The second-order valence-corrected chi connectivity index (χ2v) is 2.58. The molecular weight excluding hydrogens is 80.1 g/mol. The minimum absolute atomic E-state index is 0.0556. The van der Waals surface area contributed by atoms with Crippen molar-refractivity contribution >= 4 is 10.2 Å². The average Bonchev–Trinajstić information content (AvgIpc) is 1.76. The third-order valence-electron chi connectivity index (χ3n) is 0.577. The predicted octanol–water partition coefficient (Wildman–Crippen LogP) is -0.0987. The standard InChI is InChI=1S/C3H5OSi/c1-3(5)2-4-3/h2H2,1H3. The molecule has 1 atom stereocenters. The third-order valence-corrected chi connectivity index (χ3v) is 0.866. The van der Waals surface area contributed by atoms with E-state index in [1.54, 1.807) is 0 Å². The van der Waals surface area contributed by atoms with E-state index in [0.29, 0.717) is 0 Å². The highest BCUT2D eigenvalue weighted by Gasteiger charge is 2.32. The first-order valence-corrected chi connectivity index (χ1v) is 2.10. The van der Waals surface area contributed by atoms with E-state index in [-0.39, 0.29) is 5.22 Å². The van der Waals surface area contributed by atoms with Crippen molar-refractivity contribution in [3.8, 4) is 0 Å². The number of ether oxygens (including phenoxy) is 1. The summed E-state index contributed by atoms with van der Waals surface area (Å²) in [5.74, 6) is 0. The van der Waals surface area contributed by atoms with Crippen molar-refractivity contribution in [2.75, 3.05) is 6.61 Å². The van der Waals surface area contributed by atoms with Crippen LogP contribution in [0.25, 0.3) is 0 Å². The van der Waals surface area contributed by atoms with E-state index in [9.17, 15) is 0 Å². The maximum Gasteiger partial charge on any atom is 0.0734 e. The smallest absolute Gasteiger partial charge is 0.0734 e. The first-order chi connectivity index (χ1) is 2.21. The molecule has 0 saturated carbocycles. The van der Waals surface area contributed by atoms with E-state index >= 15 is 0 Å². The van der Waals surface area contributed by atoms with Crippen LogP contribution in [0.1, 0.15) is 6.92 Å². The Morgan fingerprint density at radius 1 is 2.00 bits per heavy atom. The van der Waals surface area contributed by atoms with Gasteiger partial charge in [0.2, 0.25) is 0 Å². The molecule has 0 spiro atoms. The molecule has 0 amide bonds. The molecule has 0 aromatic rings. The zero-order valence-electron chi connectivity index (χ0n) is 3.12. The lowest BCUT2D eigenvalue weighted by Crippen LogP contribution is -1.99. The Kier molecular flexibility index (Phi) is 0.425.